The SMILES string of the molecule is COC(=O)CN1C(=O)/C(=C/c2ccc(O)c(Cl)c2)NC1=S. The highest BCUT2D eigenvalue weighted by molar-refractivity contribution is 7.80. The minimum Gasteiger partial charge on any atom is -0.506 e. The van der Waals surface area contributed by atoms with Gasteiger partial charge in [0.2, 0.25) is 0 Å². The first-order valence-electron chi connectivity index (χ1n) is 5.82. The molecule has 6 nitrogen and oxygen atoms in total. The second-order valence-corrected chi connectivity index (χ2v) is 4.96. The van der Waals surface area contributed by atoms with Gasteiger partial charge in [-0.1, -0.05) is 17.7 Å². The van der Waals surface area contributed by atoms with E-state index in [0.717, 1.165) is 4.90 Å². The fraction of sp³-hybridized carbons (Fsp3) is 0.154. The van der Waals surface area contributed by atoms with E-state index in [1.54, 1.807) is 6.07 Å². The van der Waals surface area contributed by atoms with Gasteiger partial charge in [0.15, 0.2) is 5.11 Å². The molecule has 1 saturated heterocycles. The molecule has 1 heterocycles. The maximum Gasteiger partial charge on any atom is 0.325 e. The first-order valence-corrected chi connectivity index (χ1v) is 6.61. The molecule has 8 heteroatoms. The number of halogens is 1. The summed E-state index contributed by atoms with van der Waals surface area (Å²) < 4.78 is 4.51. The van der Waals surface area contributed by atoms with Crippen molar-refractivity contribution in [3.63, 3.8) is 0 Å². The molecule has 0 aromatic heterocycles. The number of phenols is 1. The Morgan fingerprint density at radius 3 is 2.90 bits per heavy atom. The predicted molar refractivity (Wildman–Crippen MR) is 80.6 cm³/mol. The van der Waals surface area contributed by atoms with Crippen LogP contribution in [0.1, 0.15) is 5.56 Å². The summed E-state index contributed by atoms with van der Waals surface area (Å²) in [5.41, 5.74) is 0.821. The van der Waals surface area contributed by atoms with Gasteiger partial charge in [-0.3, -0.25) is 14.5 Å². The van der Waals surface area contributed by atoms with Crippen molar-refractivity contribution in [3.05, 3.63) is 34.5 Å². The average molecular weight is 327 g/mol. The first kappa shape index (κ1) is 15.3. The maximum absolute atomic E-state index is 12.1. The topological polar surface area (TPSA) is 78.9 Å². The number of carbonyl (C=O) groups excluding carboxylic acids is 2. The normalized spacial score (nSPS) is 16.3. The van der Waals surface area contributed by atoms with Gasteiger partial charge in [0.05, 0.1) is 12.1 Å². The van der Waals surface area contributed by atoms with Crippen LogP contribution in [0.4, 0.5) is 0 Å². The van der Waals surface area contributed by atoms with Crippen molar-refractivity contribution in [2.24, 2.45) is 0 Å². The van der Waals surface area contributed by atoms with E-state index in [1.807, 2.05) is 0 Å². The molecule has 0 saturated carbocycles. The lowest BCUT2D eigenvalue weighted by atomic mass is 10.2. The second kappa shape index (κ2) is 6.11. The van der Waals surface area contributed by atoms with Gasteiger partial charge in [-0.15, -0.1) is 0 Å². The highest BCUT2D eigenvalue weighted by Crippen LogP contribution is 2.25. The lowest BCUT2D eigenvalue weighted by Crippen LogP contribution is -2.35. The van der Waals surface area contributed by atoms with Crippen LogP contribution in [0.3, 0.4) is 0 Å². The number of ether oxygens (including phenoxy) is 1. The minimum absolute atomic E-state index is 0.0487. The second-order valence-electron chi connectivity index (χ2n) is 4.17. The Labute approximate surface area is 130 Å². The Morgan fingerprint density at radius 2 is 2.29 bits per heavy atom. The molecule has 0 spiro atoms. The van der Waals surface area contributed by atoms with Crippen LogP contribution in [0.5, 0.6) is 5.75 Å². The monoisotopic (exact) mass is 326 g/mol. The third kappa shape index (κ3) is 3.32. The van der Waals surface area contributed by atoms with Gasteiger partial charge in [0, 0.05) is 0 Å². The molecule has 0 bridgehead atoms. The van der Waals surface area contributed by atoms with Crippen molar-refractivity contribution in [1.82, 2.24) is 10.2 Å². The summed E-state index contributed by atoms with van der Waals surface area (Å²) >= 11 is 10.8. The molecule has 0 aliphatic carbocycles. The van der Waals surface area contributed by atoms with Crippen LogP contribution in [0.25, 0.3) is 6.08 Å². The molecule has 0 unspecified atom stereocenters. The standard InChI is InChI=1S/C13H11ClN2O4S/c1-20-11(18)6-16-12(19)9(15-13(16)21)5-7-2-3-10(17)8(14)4-7/h2-5,17H,6H2,1H3,(H,15,21)/b9-5-. The van der Waals surface area contributed by atoms with Gasteiger partial charge in [-0.2, -0.15) is 0 Å². The summed E-state index contributed by atoms with van der Waals surface area (Å²) in [6, 6.07) is 4.51. The number of thiocarbonyl (C=S) groups is 1. The Hall–Kier alpha value is -2.12. The van der Waals surface area contributed by atoms with Crippen LogP contribution >= 0.6 is 23.8 Å². The van der Waals surface area contributed by atoms with Gasteiger partial charge in [-0.05, 0) is 36.0 Å². The lowest BCUT2D eigenvalue weighted by molar-refractivity contribution is -0.143. The van der Waals surface area contributed by atoms with Crippen molar-refractivity contribution in [3.8, 4) is 5.75 Å². The van der Waals surface area contributed by atoms with Gasteiger partial charge in [0.1, 0.15) is 18.0 Å². The number of hydrogen-bond donors (Lipinski definition) is 2. The number of esters is 1. The third-order valence-electron chi connectivity index (χ3n) is 2.76. The number of methoxy groups -OCH3 is 1. The molecule has 2 N–H and O–H groups in total. The van der Waals surface area contributed by atoms with E-state index < -0.39 is 11.9 Å². The predicted octanol–water partition coefficient (Wildman–Crippen LogP) is 1.28. The summed E-state index contributed by atoms with van der Waals surface area (Å²) in [5, 5.41) is 12.4. The molecule has 0 radical (unpaired) electrons. The Morgan fingerprint density at radius 1 is 1.57 bits per heavy atom. The van der Waals surface area contributed by atoms with Gasteiger partial charge >= 0.3 is 5.97 Å². The Bertz CT molecular complexity index is 660. The quantitative estimate of drug-likeness (QED) is 0.495. The number of nitrogens with one attached hydrogen (secondary N) is 1. The highest BCUT2D eigenvalue weighted by atomic mass is 35.5. The number of aromatic hydroxyl groups is 1. The van der Waals surface area contributed by atoms with Gasteiger partial charge in [0.25, 0.3) is 5.91 Å². The zero-order chi connectivity index (χ0) is 15.6. The highest BCUT2D eigenvalue weighted by Gasteiger charge is 2.32. The smallest absolute Gasteiger partial charge is 0.325 e. The molecule has 110 valence electrons. The lowest BCUT2D eigenvalue weighted by Gasteiger charge is -2.11. The van der Waals surface area contributed by atoms with E-state index in [1.165, 1.54) is 25.3 Å². The van der Waals surface area contributed by atoms with E-state index in [-0.39, 0.29) is 28.1 Å². The number of phenolic OH excluding ortho intramolecular Hbond substituents is 1. The largest absolute Gasteiger partial charge is 0.506 e. The zero-order valence-corrected chi connectivity index (χ0v) is 12.5. The number of benzene rings is 1. The number of nitrogens with zero attached hydrogens (tertiary/aromatic N) is 1. The van der Waals surface area contributed by atoms with Crippen LogP contribution < -0.4 is 5.32 Å². The maximum atomic E-state index is 12.1. The number of hydrogen-bond acceptors (Lipinski definition) is 5. The van der Waals surface area contributed by atoms with Crippen molar-refractivity contribution in [2.45, 2.75) is 0 Å². The van der Waals surface area contributed by atoms with Crippen LogP contribution in [0, 0.1) is 0 Å². The summed E-state index contributed by atoms with van der Waals surface area (Å²) in [5.74, 6) is -1.05. The molecule has 21 heavy (non-hydrogen) atoms. The van der Waals surface area contributed by atoms with E-state index in [4.69, 9.17) is 23.8 Å². The van der Waals surface area contributed by atoms with Gasteiger partial charge < -0.3 is 15.2 Å². The zero-order valence-electron chi connectivity index (χ0n) is 10.9. The van der Waals surface area contributed by atoms with E-state index in [9.17, 15) is 14.7 Å². The average Bonchev–Trinajstić information content (AvgIpc) is 2.70. The Balaban J connectivity index is 2.23. The van der Waals surface area contributed by atoms with E-state index in [2.05, 4.69) is 10.1 Å². The van der Waals surface area contributed by atoms with Crippen molar-refractivity contribution in [2.75, 3.05) is 13.7 Å². The molecular weight excluding hydrogens is 316 g/mol. The fourth-order valence-electron chi connectivity index (χ4n) is 1.69. The molecule has 1 amide bonds. The molecule has 2 rings (SSSR count). The minimum atomic E-state index is -0.568. The van der Waals surface area contributed by atoms with Gasteiger partial charge in [-0.25, -0.2) is 0 Å². The molecule has 1 aliphatic rings. The third-order valence-corrected chi connectivity index (χ3v) is 3.39. The van der Waals surface area contributed by atoms with Crippen LogP contribution in [-0.2, 0) is 14.3 Å². The van der Waals surface area contributed by atoms with E-state index in [0.29, 0.717) is 5.56 Å². The summed E-state index contributed by atoms with van der Waals surface area (Å²) in [6.45, 7) is -0.255. The summed E-state index contributed by atoms with van der Waals surface area (Å²) in [6.07, 6.45) is 1.53. The fourth-order valence-corrected chi connectivity index (χ4v) is 2.13. The van der Waals surface area contributed by atoms with Crippen molar-refractivity contribution >= 4 is 46.9 Å². The first-order chi connectivity index (χ1) is 9.92. The molecule has 1 aliphatic heterocycles. The van der Waals surface area contributed by atoms with Crippen molar-refractivity contribution in [1.29, 1.82) is 0 Å². The molecular formula is C13H11ClN2O4S. The Kier molecular flexibility index (Phi) is 4.44. The molecule has 1 aromatic rings. The van der Waals surface area contributed by atoms with Crippen LogP contribution in [-0.4, -0.2) is 40.6 Å². The number of rotatable bonds is 3. The molecule has 0 atom stereocenters. The number of carbonyl (C=O) groups is 2. The summed E-state index contributed by atoms with van der Waals surface area (Å²) in [7, 11) is 1.23. The van der Waals surface area contributed by atoms with E-state index >= 15 is 0 Å². The summed E-state index contributed by atoms with van der Waals surface area (Å²) in [4.78, 5) is 24.5. The molecule has 1 fully saturated rings. The number of amides is 1. The van der Waals surface area contributed by atoms with Crippen LogP contribution in [0.2, 0.25) is 5.02 Å². The van der Waals surface area contributed by atoms with Crippen LogP contribution in [0.15, 0.2) is 23.9 Å². The molecule has 1 aromatic carbocycles. The van der Waals surface area contributed by atoms with Crippen molar-refractivity contribution < 1.29 is 19.4 Å².